The summed E-state index contributed by atoms with van der Waals surface area (Å²) in [6.45, 7) is 7.83. The van der Waals surface area contributed by atoms with Crippen molar-refractivity contribution >= 4 is 33.7 Å². The molecule has 3 amide bonds. The van der Waals surface area contributed by atoms with Crippen LogP contribution < -0.4 is 22.4 Å². The Morgan fingerprint density at radius 2 is 1.97 bits per heavy atom. The Hall–Kier alpha value is -2.86. The average Bonchev–Trinajstić information content (AvgIpc) is 3.30. The predicted octanol–water partition coefficient (Wildman–Crippen LogP) is 2.37. The van der Waals surface area contributed by atoms with E-state index >= 15 is 0 Å². The van der Waals surface area contributed by atoms with Crippen LogP contribution in [0.3, 0.4) is 0 Å². The SMILES string of the molecule is Cc1c(CN(NC(=O)OC(C)(C)C)C(N)=O)sc2c1c(=O)n(C1CC1)c(=O)n2C[C@H]1CCCO1. The van der Waals surface area contributed by atoms with E-state index in [2.05, 4.69) is 5.43 Å². The van der Waals surface area contributed by atoms with Gasteiger partial charge in [-0.3, -0.25) is 13.9 Å². The zero-order valence-electron chi connectivity index (χ0n) is 19.9. The molecule has 1 aliphatic carbocycles. The van der Waals surface area contributed by atoms with Gasteiger partial charge < -0.3 is 15.2 Å². The van der Waals surface area contributed by atoms with E-state index in [0.717, 1.165) is 30.7 Å². The van der Waals surface area contributed by atoms with Gasteiger partial charge >= 0.3 is 17.8 Å². The topological polar surface area (TPSA) is 138 Å². The number of thiophene rings is 1. The van der Waals surface area contributed by atoms with E-state index in [0.29, 0.717) is 33.8 Å². The Morgan fingerprint density at radius 1 is 1.26 bits per heavy atom. The van der Waals surface area contributed by atoms with E-state index in [1.165, 1.54) is 15.9 Å². The van der Waals surface area contributed by atoms with E-state index in [4.69, 9.17) is 15.2 Å². The van der Waals surface area contributed by atoms with Gasteiger partial charge in [0.15, 0.2) is 0 Å². The Balaban J connectivity index is 1.73. The van der Waals surface area contributed by atoms with Gasteiger partial charge in [-0.2, -0.15) is 0 Å². The highest BCUT2D eigenvalue weighted by atomic mass is 32.1. The number of urea groups is 1. The van der Waals surface area contributed by atoms with Gasteiger partial charge in [-0.25, -0.2) is 24.8 Å². The van der Waals surface area contributed by atoms with Crippen molar-refractivity contribution in [1.82, 2.24) is 19.6 Å². The van der Waals surface area contributed by atoms with Gasteiger partial charge in [0.2, 0.25) is 0 Å². The van der Waals surface area contributed by atoms with E-state index in [1.54, 1.807) is 32.3 Å². The van der Waals surface area contributed by atoms with Crippen LogP contribution in [0.4, 0.5) is 9.59 Å². The summed E-state index contributed by atoms with van der Waals surface area (Å²) in [5.41, 5.74) is 7.09. The molecular weight excluding hydrogens is 462 g/mol. The van der Waals surface area contributed by atoms with Crippen molar-refractivity contribution in [3.8, 4) is 0 Å². The first-order chi connectivity index (χ1) is 16.0. The number of nitrogens with zero attached hydrogens (tertiary/aromatic N) is 3. The molecule has 0 spiro atoms. The lowest BCUT2D eigenvalue weighted by Crippen LogP contribution is -2.49. The van der Waals surface area contributed by atoms with Gasteiger partial charge in [0, 0.05) is 17.5 Å². The third-order valence-corrected chi connectivity index (χ3v) is 7.16. The number of ether oxygens (including phenoxy) is 2. The number of carbonyl (C=O) groups excluding carboxylic acids is 2. The Morgan fingerprint density at radius 3 is 2.53 bits per heavy atom. The molecule has 3 N–H and O–H groups in total. The summed E-state index contributed by atoms with van der Waals surface area (Å²) in [6.07, 6.45) is 2.47. The number of hydrogen-bond donors (Lipinski definition) is 2. The quantitative estimate of drug-likeness (QED) is 0.614. The van der Waals surface area contributed by atoms with Gasteiger partial charge in [0.1, 0.15) is 10.4 Å². The summed E-state index contributed by atoms with van der Waals surface area (Å²) >= 11 is 1.24. The molecule has 12 heteroatoms. The minimum atomic E-state index is -0.880. The summed E-state index contributed by atoms with van der Waals surface area (Å²) in [5.74, 6) is 0. The molecule has 11 nitrogen and oxygen atoms in total. The molecule has 0 radical (unpaired) electrons. The predicted molar refractivity (Wildman–Crippen MR) is 127 cm³/mol. The molecule has 0 bridgehead atoms. The molecule has 1 aliphatic heterocycles. The third kappa shape index (κ3) is 4.97. The first-order valence-electron chi connectivity index (χ1n) is 11.4. The highest BCUT2D eigenvalue weighted by Crippen LogP contribution is 2.34. The largest absolute Gasteiger partial charge is 0.443 e. The minimum Gasteiger partial charge on any atom is -0.443 e. The third-order valence-electron chi connectivity index (χ3n) is 5.86. The van der Waals surface area contributed by atoms with Gasteiger partial charge in [-0.05, 0) is 58.9 Å². The average molecular weight is 494 g/mol. The minimum absolute atomic E-state index is 0.0727. The summed E-state index contributed by atoms with van der Waals surface area (Å²) in [5, 5.41) is 1.39. The molecule has 2 aromatic heterocycles. The first kappa shape index (κ1) is 24.3. The standard InChI is InChI=1S/C22H31N5O6S/c1-12-15(11-26(19(23)29)24-20(30)33-22(2,3)4)34-18-16(12)17(28)27(13-7-8-13)21(31)25(18)10-14-6-5-9-32-14/h13-14H,5-11H2,1-4H3,(H2,23,29)(H,24,30)/t14-/m1/s1. The maximum atomic E-state index is 13.3. The van der Waals surface area contributed by atoms with Crippen molar-refractivity contribution in [1.29, 1.82) is 0 Å². The number of hydrazine groups is 1. The van der Waals surface area contributed by atoms with Crippen LogP contribution in [-0.4, -0.2) is 44.6 Å². The number of primary amides is 1. The Bertz CT molecular complexity index is 1230. The van der Waals surface area contributed by atoms with Crippen molar-refractivity contribution in [2.24, 2.45) is 5.73 Å². The van der Waals surface area contributed by atoms with Crippen molar-refractivity contribution < 1.29 is 19.1 Å². The summed E-state index contributed by atoms with van der Waals surface area (Å²) < 4.78 is 13.9. The number of amides is 3. The molecule has 0 aromatic carbocycles. The van der Waals surface area contributed by atoms with Crippen LogP contribution in [0.2, 0.25) is 0 Å². The van der Waals surface area contributed by atoms with Crippen molar-refractivity contribution in [3.05, 3.63) is 31.3 Å². The highest BCUT2D eigenvalue weighted by molar-refractivity contribution is 7.18. The Labute approximate surface area is 200 Å². The fourth-order valence-corrected chi connectivity index (χ4v) is 5.38. The van der Waals surface area contributed by atoms with Gasteiger partial charge in [0.05, 0.1) is 24.6 Å². The summed E-state index contributed by atoms with van der Waals surface area (Å²) in [7, 11) is 0. The summed E-state index contributed by atoms with van der Waals surface area (Å²) in [6, 6.07) is -0.964. The zero-order valence-corrected chi connectivity index (χ0v) is 20.7. The van der Waals surface area contributed by atoms with Gasteiger partial charge in [-0.1, -0.05) is 0 Å². The molecule has 3 heterocycles. The van der Waals surface area contributed by atoms with Crippen LogP contribution in [0.5, 0.6) is 0 Å². The molecule has 1 saturated carbocycles. The number of fused-ring (bicyclic) bond motifs is 1. The molecule has 2 fully saturated rings. The van der Waals surface area contributed by atoms with Crippen LogP contribution in [-0.2, 0) is 22.6 Å². The van der Waals surface area contributed by atoms with Crippen molar-refractivity contribution in [2.45, 2.75) is 84.2 Å². The maximum absolute atomic E-state index is 13.3. The Kier molecular flexibility index (Phi) is 6.47. The second-order valence-corrected chi connectivity index (χ2v) is 10.9. The second-order valence-electron chi connectivity index (χ2n) is 9.80. The van der Waals surface area contributed by atoms with E-state index < -0.39 is 17.7 Å². The molecular formula is C22H31N5O6S. The molecule has 2 aromatic rings. The van der Waals surface area contributed by atoms with E-state index in [-0.39, 0.29) is 29.9 Å². The van der Waals surface area contributed by atoms with Crippen LogP contribution in [0, 0.1) is 6.92 Å². The molecule has 186 valence electrons. The second kappa shape index (κ2) is 9.06. The number of rotatable bonds is 5. The monoisotopic (exact) mass is 493 g/mol. The number of aromatic nitrogens is 2. The summed E-state index contributed by atoms with van der Waals surface area (Å²) in [4.78, 5) is 52.1. The fourth-order valence-electron chi connectivity index (χ4n) is 4.10. The number of nitrogens with one attached hydrogen (secondary N) is 1. The molecule has 1 atom stereocenters. The van der Waals surface area contributed by atoms with E-state index in [1.807, 2.05) is 0 Å². The first-order valence-corrected chi connectivity index (χ1v) is 12.2. The number of hydrogen-bond acceptors (Lipinski definition) is 7. The molecule has 0 unspecified atom stereocenters. The maximum Gasteiger partial charge on any atom is 0.426 e. The van der Waals surface area contributed by atoms with Crippen molar-refractivity contribution in [3.63, 3.8) is 0 Å². The lowest BCUT2D eigenvalue weighted by atomic mass is 10.2. The lowest BCUT2D eigenvalue weighted by molar-refractivity contribution is 0.0376. The molecule has 34 heavy (non-hydrogen) atoms. The smallest absolute Gasteiger partial charge is 0.426 e. The molecule has 1 saturated heterocycles. The fraction of sp³-hybridized carbons (Fsp3) is 0.636. The van der Waals surface area contributed by atoms with Gasteiger partial charge in [0.25, 0.3) is 5.56 Å². The van der Waals surface area contributed by atoms with Crippen molar-refractivity contribution in [2.75, 3.05) is 6.61 Å². The van der Waals surface area contributed by atoms with E-state index in [9.17, 15) is 19.2 Å². The van der Waals surface area contributed by atoms with Crippen LogP contribution in [0.1, 0.15) is 62.9 Å². The molecule has 4 rings (SSSR count). The van der Waals surface area contributed by atoms with Crippen LogP contribution in [0.25, 0.3) is 10.2 Å². The van der Waals surface area contributed by atoms with Crippen LogP contribution in [0.15, 0.2) is 9.59 Å². The number of nitrogens with two attached hydrogens (primary N) is 1. The normalized spacial score (nSPS) is 18.3. The zero-order chi connectivity index (χ0) is 24.8. The number of carbonyl (C=O) groups is 2. The molecule has 2 aliphatic rings. The van der Waals surface area contributed by atoms with Crippen LogP contribution >= 0.6 is 11.3 Å². The number of aryl methyl sites for hydroxylation is 1. The lowest BCUT2D eigenvalue weighted by Gasteiger charge is -2.24. The van der Waals surface area contributed by atoms with Gasteiger partial charge in [-0.15, -0.1) is 11.3 Å². The highest BCUT2D eigenvalue weighted by Gasteiger charge is 2.32.